The maximum absolute atomic E-state index is 11.3. The van der Waals surface area contributed by atoms with Crippen molar-refractivity contribution in [1.29, 1.82) is 0 Å². The molecule has 1 radical (unpaired) electrons. The van der Waals surface area contributed by atoms with Crippen LogP contribution in [0.25, 0.3) is 0 Å². The standard InChI is InChI=1S/C9H12N3O2S/c1-6(8(10)14)2-3-7(13)12-9-11-4-5-15-9/h3-6H,2H2,1H3,(H2,10,14)(H,11,12,13). The summed E-state index contributed by atoms with van der Waals surface area (Å²) >= 11 is 1.34. The van der Waals surface area contributed by atoms with E-state index in [1.54, 1.807) is 18.5 Å². The minimum atomic E-state index is -0.409. The fraction of sp³-hybridized carbons (Fsp3) is 0.333. The number of aromatic nitrogens is 1. The predicted molar refractivity (Wildman–Crippen MR) is 58.0 cm³/mol. The number of hydrogen-bond donors (Lipinski definition) is 2. The molecule has 81 valence electrons. The van der Waals surface area contributed by atoms with Crippen molar-refractivity contribution in [3.8, 4) is 0 Å². The second-order valence-corrected chi connectivity index (χ2v) is 3.96. The van der Waals surface area contributed by atoms with E-state index in [-0.39, 0.29) is 11.8 Å². The number of hydrogen-bond acceptors (Lipinski definition) is 4. The predicted octanol–water partition coefficient (Wildman–Crippen LogP) is 0.797. The van der Waals surface area contributed by atoms with E-state index in [0.29, 0.717) is 11.6 Å². The number of primary amides is 1. The van der Waals surface area contributed by atoms with E-state index in [1.165, 1.54) is 17.8 Å². The number of nitrogens with two attached hydrogens (primary N) is 1. The van der Waals surface area contributed by atoms with Crippen LogP contribution in [0, 0.1) is 12.3 Å². The smallest absolute Gasteiger partial charge is 0.230 e. The van der Waals surface area contributed by atoms with Gasteiger partial charge in [0, 0.05) is 17.5 Å². The van der Waals surface area contributed by atoms with E-state index in [0.717, 1.165) is 0 Å². The molecule has 0 spiro atoms. The molecule has 3 N–H and O–H groups in total. The van der Waals surface area contributed by atoms with Gasteiger partial charge in [0.25, 0.3) is 0 Å². The minimum absolute atomic E-state index is 0.266. The van der Waals surface area contributed by atoms with E-state index in [1.807, 2.05) is 0 Å². The molecule has 0 aliphatic carbocycles. The van der Waals surface area contributed by atoms with Gasteiger partial charge in [-0.3, -0.25) is 9.59 Å². The molecular weight excluding hydrogens is 214 g/mol. The lowest BCUT2D eigenvalue weighted by Crippen LogP contribution is -2.22. The first-order valence-corrected chi connectivity index (χ1v) is 5.30. The number of carbonyl (C=O) groups excluding carboxylic acids is 2. The number of amides is 2. The van der Waals surface area contributed by atoms with E-state index in [4.69, 9.17) is 5.73 Å². The SMILES string of the molecule is CC(C[CH]C(=O)Nc1nccs1)C(N)=O. The van der Waals surface area contributed by atoms with Gasteiger partial charge in [-0.25, -0.2) is 4.98 Å². The maximum atomic E-state index is 11.3. The number of carbonyl (C=O) groups is 2. The molecule has 0 saturated carbocycles. The van der Waals surface area contributed by atoms with Crippen LogP contribution in [0.15, 0.2) is 11.6 Å². The van der Waals surface area contributed by atoms with Crippen LogP contribution in [0.5, 0.6) is 0 Å². The molecule has 2 amide bonds. The molecule has 15 heavy (non-hydrogen) atoms. The maximum Gasteiger partial charge on any atom is 0.230 e. The van der Waals surface area contributed by atoms with Crippen molar-refractivity contribution >= 4 is 28.3 Å². The highest BCUT2D eigenvalue weighted by atomic mass is 32.1. The van der Waals surface area contributed by atoms with Crippen LogP contribution in [-0.4, -0.2) is 16.8 Å². The fourth-order valence-electron chi connectivity index (χ4n) is 0.842. The highest BCUT2D eigenvalue weighted by Crippen LogP contribution is 2.11. The minimum Gasteiger partial charge on any atom is -0.369 e. The molecule has 1 heterocycles. The lowest BCUT2D eigenvalue weighted by molar-refractivity contribution is -0.121. The first-order chi connectivity index (χ1) is 7.09. The van der Waals surface area contributed by atoms with E-state index in [2.05, 4.69) is 10.3 Å². The van der Waals surface area contributed by atoms with E-state index >= 15 is 0 Å². The molecule has 0 aliphatic rings. The van der Waals surface area contributed by atoms with Crippen LogP contribution >= 0.6 is 11.3 Å². The molecule has 6 heteroatoms. The topological polar surface area (TPSA) is 85.1 Å². The van der Waals surface area contributed by atoms with Crippen molar-refractivity contribution in [1.82, 2.24) is 4.98 Å². The number of nitrogens with zero attached hydrogens (tertiary/aromatic N) is 1. The zero-order valence-corrected chi connectivity index (χ0v) is 9.08. The summed E-state index contributed by atoms with van der Waals surface area (Å²) in [6.45, 7) is 1.68. The Bertz CT molecular complexity index is 337. The molecule has 0 fully saturated rings. The van der Waals surface area contributed by atoms with Gasteiger partial charge in [-0.05, 0) is 6.42 Å². The van der Waals surface area contributed by atoms with E-state index in [9.17, 15) is 9.59 Å². The third kappa shape index (κ3) is 4.07. The van der Waals surface area contributed by atoms with Crippen LogP contribution in [0.1, 0.15) is 13.3 Å². The zero-order valence-electron chi connectivity index (χ0n) is 8.27. The second kappa shape index (κ2) is 5.45. The molecule has 1 unspecified atom stereocenters. The Labute approximate surface area is 91.7 Å². The fourth-order valence-corrected chi connectivity index (χ4v) is 1.37. The Morgan fingerprint density at radius 3 is 3.00 bits per heavy atom. The number of rotatable bonds is 5. The number of anilines is 1. The second-order valence-electron chi connectivity index (χ2n) is 3.07. The Morgan fingerprint density at radius 1 is 1.73 bits per heavy atom. The van der Waals surface area contributed by atoms with Crippen LogP contribution in [-0.2, 0) is 9.59 Å². The van der Waals surface area contributed by atoms with Gasteiger partial charge in [0.05, 0.1) is 6.42 Å². The van der Waals surface area contributed by atoms with Gasteiger partial charge in [-0.2, -0.15) is 0 Å². The van der Waals surface area contributed by atoms with Crippen molar-refractivity contribution in [2.24, 2.45) is 11.7 Å². The lowest BCUT2D eigenvalue weighted by atomic mass is 10.1. The first-order valence-electron chi connectivity index (χ1n) is 4.42. The van der Waals surface area contributed by atoms with Crippen LogP contribution in [0.3, 0.4) is 0 Å². The molecule has 0 aliphatic heterocycles. The van der Waals surface area contributed by atoms with Gasteiger partial charge in [0.1, 0.15) is 0 Å². The van der Waals surface area contributed by atoms with Gasteiger partial charge in [0.2, 0.25) is 11.8 Å². The quantitative estimate of drug-likeness (QED) is 0.778. The summed E-state index contributed by atoms with van der Waals surface area (Å²) in [6.07, 6.45) is 3.34. The molecular formula is C9H12N3O2S. The summed E-state index contributed by atoms with van der Waals surface area (Å²) in [6, 6.07) is 0. The average Bonchev–Trinajstić information content (AvgIpc) is 2.66. The summed E-state index contributed by atoms with van der Waals surface area (Å²) in [7, 11) is 0. The normalized spacial score (nSPS) is 12.1. The van der Waals surface area contributed by atoms with Crippen molar-refractivity contribution in [3.63, 3.8) is 0 Å². The Hall–Kier alpha value is -1.43. The molecule has 5 nitrogen and oxygen atoms in total. The summed E-state index contributed by atoms with van der Waals surface area (Å²) in [4.78, 5) is 25.9. The Morgan fingerprint density at radius 2 is 2.47 bits per heavy atom. The van der Waals surface area contributed by atoms with Crippen molar-refractivity contribution in [2.75, 3.05) is 5.32 Å². The molecule has 1 aromatic heterocycles. The average molecular weight is 226 g/mol. The molecule has 0 aromatic carbocycles. The first kappa shape index (κ1) is 11.6. The van der Waals surface area contributed by atoms with Crippen molar-refractivity contribution < 1.29 is 9.59 Å². The largest absolute Gasteiger partial charge is 0.369 e. The molecule has 1 aromatic rings. The third-order valence-electron chi connectivity index (χ3n) is 1.80. The highest BCUT2D eigenvalue weighted by molar-refractivity contribution is 7.13. The van der Waals surface area contributed by atoms with Crippen molar-refractivity contribution in [2.45, 2.75) is 13.3 Å². The summed E-state index contributed by atoms with van der Waals surface area (Å²) in [5.41, 5.74) is 5.06. The molecule has 1 rings (SSSR count). The number of nitrogens with one attached hydrogen (secondary N) is 1. The molecule has 1 atom stereocenters. The Balaban J connectivity index is 2.28. The van der Waals surface area contributed by atoms with Crippen LogP contribution in [0.4, 0.5) is 5.13 Å². The number of thiazole rings is 1. The highest BCUT2D eigenvalue weighted by Gasteiger charge is 2.12. The van der Waals surface area contributed by atoms with Gasteiger partial charge < -0.3 is 11.1 Å². The molecule has 0 bridgehead atoms. The van der Waals surface area contributed by atoms with Gasteiger partial charge >= 0.3 is 0 Å². The van der Waals surface area contributed by atoms with Crippen LogP contribution < -0.4 is 11.1 Å². The third-order valence-corrected chi connectivity index (χ3v) is 2.49. The van der Waals surface area contributed by atoms with Gasteiger partial charge in [-0.1, -0.05) is 6.92 Å². The van der Waals surface area contributed by atoms with Crippen LogP contribution in [0.2, 0.25) is 0 Å². The van der Waals surface area contributed by atoms with Gasteiger partial charge in [0.15, 0.2) is 5.13 Å². The summed E-state index contributed by atoms with van der Waals surface area (Å²) in [5, 5.41) is 4.89. The lowest BCUT2D eigenvalue weighted by Gasteiger charge is -2.05. The van der Waals surface area contributed by atoms with Crippen molar-refractivity contribution in [3.05, 3.63) is 18.0 Å². The Kier molecular flexibility index (Phi) is 4.23. The zero-order chi connectivity index (χ0) is 11.3. The van der Waals surface area contributed by atoms with Gasteiger partial charge in [-0.15, -0.1) is 11.3 Å². The molecule has 0 saturated heterocycles. The summed E-state index contributed by atoms with van der Waals surface area (Å²) < 4.78 is 0. The monoisotopic (exact) mass is 226 g/mol. The summed E-state index contributed by atoms with van der Waals surface area (Å²) in [5.74, 6) is -1.00. The van der Waals surface area contributed by atoms with E-state index < -0.39 is 5.91 Å².